The minimum Gasteiger partial charge on any atom is -0.388 e. The largest absolute Gasteiger partial charge is 0.388 e. The Labute approximate surface area is 84.6 Å². The first-order valence-electron chi connectivity index (χ1n) is 4.22. The van der Waals surface area contributed by atoms with E-state index in [-0.39, 0.29) is 19.0 Å². The van der Waals surface area contributed by atoms with Crippen LogP contribution in [-0.2, 0) is 0 Å². The molecule has 2 atom stereocenters. The lowest BCUT2D eigenvalue weighted by Crippen LogP contribution is -2.29. The maximum Gasteiger partial charge on any atom is 0.273 e. The van der Waals surface area contributed by atoms with Gasteiger partial charge in [-0.3, -0.25) is 4.79 Å². The second-order valence-corrected chi connectivity index (χ2v) is 3.94. The van der Waals surface area contributed by atoms with Gasteiger partial charge in [0.1, 0.15) is 5.69 Å². The Hall–Kier alpha value is -0.980. The molecule has 5 nitrogen and oxygen atoms in total. The van der Waals surface area contributed by atoms with Gasteiger partial charge in [-0.15, -0.1) is 11.3 Å². The summed E-state index contributed by atoms with van der Waals surface area (Å²) in [5, 5.41) is 20.2. The quantitative estimate of drug-likeness (QED) is 0.649. The number of carbonyl (C=O) groups is 1. The fraction of sp³-hybridized carbons (Fsp3) is 0.500. The minimum absolute atomic E-state index is 0.178. The SMILES string of the molecule is O=C(c1cscn1)N1C[C@@H](O)[C@@H](O)C1. The van der Waals surface area contributed by atoms with Gasteiger partial charge >= 0.3 is 0 Å². The molecule has 2 rings (SSSR count). The summed E-state index contributed by atoms with van der Waals surface area (Å²) in [6.07, 6.45) is -1.67. The zero-order valence-corrected chi connectivity index (χ0v) is 8.15. The third kappa shape index (κ3) is 1.63. The number of aromatic nitrogens is 1. The van der Waals surface area contributed by atoms with E-state index in [1.54, 1.807) is 10.9 Å². The highest BCUT2D eigenvalue weighted by Gasteiger charge is 2.33. The highest BCUT2D eigenvalue weighted by molar-refractivity contribution is 7.07. The van der Waals surface area contributed by atoms with Gasteiger partial charge < -0.3 is 15.1 Å². The first-order valence-corrected chi connectivity index (χ1v) is 5.16. The smallest absolute Gasteiger partial charge is 0.273 e. The third-order valence-corrected chi connectivity index (χ3v) is 2.78. The molecule has 1 aromatic rings. The van der Waals surface area contributed by atoms with E-state index < -0.39 is 12.2 Å². The van der Waals surface area contributed by atoms with Gasteiger partial charge in [-0.2, -0.15) is 0 Å². The molecule has 76 valence electrons. The van der Waals surface area contributed by atoms with Crippen LogP contribution in [0.3, 0.4) is 0 Å². The average molecular weight is 214 g/mol. The second kappa shape index (κ2) is 3.64. The zero-order valence-electron chi connectivity index (χ0n) is 7.33. The number of β-amino-alcohol motifs (C(OH)–C–C–N with tert-alkyl or cyclic N) is 2. The Morgan fingerprint density at radius 2 is 2.14 bits per heavy atom. The number of nitrogens with zero attached hydrogens (tertiary/aromatic N) is 2. The van der Waals surface area contributed by atoms with E-state index in [9.17, 15) is 15.0 Å². The van der Waals surface area contributed by atoms with Crippen LogP contribution in [-0.4, -0.2) is 51.3 Å². The predicted octanol–water partition coefficient (Wildman–Crippen LogP) is -0.679. The highest BCUT2D eigenvalue weighted by Crippen LogP contribution is 2.14. The van der Waals surface area contributed by atoms with Gasteiger partial charge in [-0.1, -0.05) is 0 Å². The van der Waals surface area contributed by atoms with Gasteiger partial charge in [0, 0.05) is 18.5 Å². The lowest BCUT2D eigenvalue weighted by Gasteiger charge is -2.12. The van der Waals surface area contributed by atoms with Gasteiger partial charge in [-0.25, -0.2) is 4.98 Å². The van der Waals surface area contributed by atoms with Crippen LogP contribution in [0.5, 0.6) is 0 Å². The molecule has 0 radical (unpaired) electrons. The molecule has 0 bridgehead atoms. The van der Waals surface area contributed by atoms with Crippen LogP contribution in [0.2, 0.25) is 0 Å². The molecule has 6 heteroatoms. The van der Waals surface area contributed by atoms with Gasteiger partial charge in [0.05, 0.1) is 17.7 Å². The van der Waals surface area contributed by atoms with Crippen molar-refractivity contribution in [2.45, 2.75) is 12.2 Å². The predicted molar refractivity (Wildman–Crippen MR) is 50.0 cm³/mol. The molecule has 1 aromatic heterocycles. The van der Waals surface area contributed by atoms with Crippen molar-refractivity contribution >= 4 is 17.2 Å². The summed E-state index contributed by atoms with van der Waals surface area (Å²) >= 11 is 1.34. The molecular weight excluding hydrogens is 204 g/mol. The van der Waals surface area contributed by atoms with Crippen LogP contribution in [0.4, 0.5) is 0 Å². The van der Waals surface area contributed by atoms with E-state index in [1.807, 2.05) is 0 Å². The van der Waals surface area contributed by atoms with Crippen molar-refractivity contribution < 1.29 is 15.0 Å². The number of hydrogen-bond acceptors (Lipinski definition) is 5. The molecular formula is C8H10N2O3S. The van der Waals surface area contributed by atoms with E-state index in [1.165, 1.54) is 16.2 Å². The molecule has 0 spiro atoms. The number of aliphatic hydroxyl groups is 2. The molecule has 0 aromatic carbocycles. The number of amides is 1. The van der Waals surface area contributed by atoms with Crippen LogP contribution in [0.15, 0.2) is 10.9 Å². The summed E-state index contributed by atoms with van der Waals surface area (Å²) in [6.45, 7) is 0.356. The Morgan fingerprint density at radius 1 is 1.50 bits per heavy atom. The molecule has 0 unspecified atom stereocenters. The number of likely N-dealkylation sites (tertiary alicyclic amines) is 1. The number of aliphatic hydroxyl groups excluding tert-OH is 2. The van der Waals surface area contributed by atoms with Gasteiger partial charge in [0.2, 0.25) is 0 Å². The molecule has 1 aliphatic heterocycles. The summed E-state index contributed by atoms with van der Waals surface area (Å²) < 4.78 is 0. The zero-order chi connectivity index (χ0) is 10.1. The maximum atomic E-state index is 11.6. The van der Waals surface area contributed by atoms with Crippen molar-refractivity contribution in [1.29, 1.82) is 0 Å². The summed E-state index contributed by atoms with van der Waals surface area (Å²) in [6, 6.07) is 0. The molecule has 1 fully saturated rings. The standard InChI is InChI=1S/C8H10N2O3S/c11-6-1-10(2-7(6)12)8(13)5-3-14-4-9-5/h3-4,6-7,11-12H,1-2H2/t6-,7+. The first kappa shape index (κ1) is 9.57. The minimum atomic E-state index is -0.836. The number of thiazole rings is 1. The maximum absolute atomic E-state index is 11.6. The molecule has 0 saturated carbocycles. The van der Waals surface area contributed by atoms with Crippen molar-refractivity contribution in [3.05, 3.63) is 16.6 Å². The topological polar surface area (TPSA) is 73.7 Å². The summed E-state index contributed by atoms with van der Waals surface area (Å²) in [7, 11) is 0. The second-order valence-electron chi connectivity index (χ2n) is 3.22. The molecule has 1 amide bonds. The molecule has 2 heterocycles. The van der Waals surface area contributed by atoms with Crippen LogP contribution >= 0.6 is 11.3 Å². The van der Waals surface area contributed by atoms with Crippen molar-refractivity contribution in [2.24, 2.45) is 0 Å². The van der Waals surface area contributed by atoms with E-state index in [0.717, 1.165) is 0 Å². The monoisotopic (exact) mass is 214 g/mol. The van der Waals surface area contributed by atoms with Crippen LogP contribution in [0, 0.1) is 0 Å². The Morgan fingerprint density at radius 3 is 2.64 bits per heavy atom. The van der Waals surface area contributed by atoms with Crippen LogP contribution < -0.4 is 0 Å². The first-order chi connectivity index (χ1) is 6.68. The Bertz CT molecular complexity index is 317. The van der Waals surface area contributed by atoms with E-state index in [0.29, 0.717) is 5.69 Å². The number of carbonyl (C=O) groups excluding carboxylic acids is 1. The summed E-state index contributed by atoms with van der Waals surface area (Å²) in [5.41, 5.74) is 1.95. The van der Waals surface area contributed by atoms with Crippen molar-refractivity contribution in [3.63, 3.8) is 0 Å². The van der Waals surface area contributed by atoms with Gasteiger partial charge in [-0.05, 0) is 0 Å². The molecule has 14 heavy (non-hydrogen) atoms. The highest BCUT2D eigenvalue weighted by atomic mass is 32.1. The number of hydrogen-bond donors (Lipinski definition) is 2. The van der Waals surface area contributed by atoms with Crippen LogP contribution in [0.25, 0.3) is 0 Å². The lowest BCUT2D eigenvalue weighted by atomic mass is 10.3. The van der Waals surface area contributed by atoms with Crippen molar-refractivity contribution in [1.82, 2.24) is 9.88 Å². The van der Waals surface area contributed by atoms with E-state index >= 15 is 0 Å². The normalized spacial score (nSPS) is 26.9. The molecule has 2 N–H and O–H groups in total. The van der Waals surface area contributed by atoms with E-state index in [2.05, 4.69) is 4.98 Å². The molecule has 1 aliphatic rings. The lowest BCUT2D eigenvalue weighted by molar-refractivity contribution is 0.0572. The van der Waals surface area contributed by atoms with Crippen LogP contribution in [0.1, 0.15) is 10.5 Å². The summed E-state index contributed by atoms with van der Waals surface area (Å²) in [5.74, 6) is -0.234. The van der Waals surface area contributed by atoms with Gasteiger partial charge in [0.25, 0.3) is 5.91 Å². The Kier molecular flexibility index (Phi) is 2.49. The van der Waals surface area contributed by atoms with Crippen molar-refractivity contribution in [2.75, 3.05) is 13.1 Å². The number of rotatable bonds is 1. The van der Waals surface area contributed by atoms with Crippen molar-refractivity contribution in [3.8, 4) is 0 Å². The van der Waals surface area contributed by atoms with E-state index in [4.69, 9.17) is 0 Å². The average Bonchev–Trinajstić information content (AvgIpc) is 2.76. The molecule has 1 saturated heterocycles. The third-order valence-electron chi connectivity index (χ3n) is 2.20. The summed E-state index contributed by atoms with van der Waals surface area (Å²) in [4.78, 5) is 16.9. The Balaban J connectivity index is 2.07. The van der Waals surface area contributed by atoms with Gasteiger partial charge in [0.15, 0.2) is 0 Å². The fourth-order valence-electron chi connectivity index (χ4n) is 1.42. The fourth-order valence-corrected chi connectivity index (χ4v) is 1.94. The molecule has 0 aliphatic carbocycles.